The van der Waals surface area contributed by atoms with Crippen molar-refractivity contribution >= 4 is 5.91 Å². The summed E-state index contributed by atoms with van der Waals surface area (Å²) in [5, 5.41) is 12.3. The molecule has 1 fully saturated rings. The number of rotatable bonds is 4. The quantitative estimate of drug-likeness (QED) is 0.729. The maximum atomic E-state index is 11.6. The first kappa shape index (κ1) is 10.2. The van der Waals surface area contributed by atoms with Crippen molar-refractivity contribution in [2.45, 2.75) is 18.9 Å². The number of aryl methyl sites for hydroxylation is 1. The van der Waals surface area contributed by atoms with E-state index in [9.17, 15) is 9.90 Å². The minimum atomic E-state index is -0.401. The molecule has 0 bridgehead atoms. The smallest absolute Gasteiger partial charge is 0.269 e. The Balaban J connectivity index is 1.84. The highest BCUT2D eigenvalue weighted by molar-refractivity contribution is 5.92. The molecule has 0 radical (unpaired) electrons. The monoisotopic (exact) mass is 209 g/mol. The number of hydrogen-bond acceptors (Lipinski definition) is 3. The third-order valence-corrected chi connectivity index (χ3v) is 2.69. The largest absolute Gasteiger partial charge is 0.391 e. The summed E-state index contributed by atoms with van der Waals surface area (Å²) in [5.41, 5.74) is 0.512. The van der Waals surface area contributed by atoms with Gasteiger partial charge in [0.1, 0.15) is 5.69 Å². The number of carbonyl (C=O) groups is 1. The van der Waals surface area contributed by atoms with Gasteiger partial charge in [-0.05, 0) is 18.8 Å². The molecule has 5 nitrogen and oxygen atoms in total. The number of nitrogens with one attached hydrogen (secondary N) is 1. The molecule has 1 amide bonds. The normalized spacial score (nSPS) is 17.5. The summed E-state index contributed by atoms with van der Waals surface area (Å²) >= 11 is 0. The van der Waals surface area contributed by atoms with Crippen molar-refractivity contribution in [3.8, 4) is 0 Å². The molecule has 15 heavy (non-hydrogen) atoms. The number of carbonyl (C=O) groups excluding carboxylic acids is 1. The van der Waals surface area contributed by atoms with Gasteiger partial charge < -0.3 is 15.0 Å². The van der Waals surface area contributed by atoms with Crippen molar-refractivity contribution in [3.63, 3.8) is 0 Å². The van der Waals surface area contributed by atoms with Crippen molar-refractivity contribution in [3.05, 3.63) is 18.2 Å². The molecule has 0 aliphatic heterocycles. The molecule has 1 heterocycles. The van der Waals surface area contributed by atoms with Crippen molar-refractivity contribution in [2.75, 3.05) is 6.54 Å². The van der Waals surface area contributed by atoms with Crippen LogP contribution < -0.4 is 5.32 Å². The molecule has 1 aromatic heterocycles. The lowest BCUT2D eigenvalue weighted by Gasteiger charge is -2.10. The topological polar surface area (TPSA) is 67.2 Å². The Morgan fingerprint density at radius 1 is 1.80 bits per heavy atom. The summed E-state index contributed by atoms with van der Waals surface area (Å²) in [4.78, 5) is 15.4. The first-order chi connectivity index (χ1) is 7.18. The van der Waals surface area contributed by atoms with Gasteiger partial charge in [-0.1, -0.05) is 0 Å². The lowest BCUT2D eigenvalue weighted by molar-refractivity contribution is 0.0893. The summed E-state index contributed by atoms with van der Waals surface area (Å²) in [5.74, 6) is 0.200. The van der Waals surface area contributed by atoms with E-state index < -0.39 is 6.10 Å². The Kier molecular flexibility index (Phi) is 2.73. The molecular formula is C10H15N3O2. The standard InChI is InChI=1S/C10H15N3O2/c1-13-6-11-4-8(13)10(15)12-5-9(14)7-2-3-7/h4,6-7,9,14H,2-3,5H2,1H3,(H,12,15). The van der Waals surface area contributed by atoms with Gasteiger partial charge in [0.15, 0.2) is 0 Å². The Bertz CT molecular complexity index is 357. The molecule has 1 saturated carbocycles. The lowest BCUT2D eigenvalue weighted by atomic mass is 10.2. The van der Waals surface area contributed by atoms with E-state index in [0.29, 0.717) is 18.2 Å². The van der Waals surface area contributed by atoms with Gasteiger partial charge in [0.25, 0.3) is 5.91 Å². The van der Waals surface area contributed by atoms with Crippen LogP contribution in [0.4, 0.5) is 0 Å². The minimum Gasteiger partial charge on any atom is -0.391 e. The summed E-state index contributed by atoms with van der Waals surface area (Å²) in [6.45, 7) is 0.328. The molecule has 1 atom stereocenters. The Morgan fingerprint density at radius 2 is 2.53 bits per heavy atom. The predicted molar refractivity (Wildman–Crippen MR) is 54.3 cm³/mol. The van der Waals surface area contributed by atoms with Gasteiger partial charge in [-0.15, -0.1) is 0 Å². The van der Waals surface area contributed by atoms with E-state index in [-0.39, 0.29) is 5.91 Å². The third kappa shape index (κ3) is 2.36. The highest BCUT2D eigenvalue weighted by atomic mass is 16.3. The van der Waals surface area contributed by atoms with Gasteiger partial charge in [-0.2, -0.15) is 0 Å². The number of nitrogens with zero attached hydrogens (tertiary/aromatic N) is 2. The van der Waals surface area contributed by atoms with Gasteiger partial charge in [0, 0.05) is 13.6 Å². The van der Waals surface area contributed by atoms with Crippen molar-refractivity contribution in [1.29, 1.82) is 0 Å². The van der Waals surface area contributed by atoms with Crippen molar-refractivity contribution in [2.24, 2.45) is 13.0 Å². The van der Waals surface area contributed by atoms with Crippen LogP contribution in [0.15, 0.2) is 12.5 Å². The predicted octanol–water partition coefficient (Wildman–Crippen LogP) is -0.0792. The average molecular weight is 209 g/mol. The van der Waals surface area contributed by atoms with Crippen LogP contribution in [0.2, 0.25) is 0 Å². The fourth-order valence-electron chi connectivity index (χ4n) is 1.51. The molecular weight excluding hydrogens is 194 g/mol. The van der Waals surface area contributed by atoms with Crippen molar-refractivity contribution in [1.82, 2.24) is 14.9 Å². The lowest BCUT2D eigenvalue weighted by Crippen LogP contribution is -2.33. The molecule has 0 saturated heterocycles. The van der Waals surface area contributed by atoms with Gasteiger partial charge >= 0.3 is 0 Å². The fraction of sp³-hybridized carbons (Fsp3) is 0.600. The van der Waals surface area contributed by atoms with Crippen molar-refractivity contribution < 1.29 is 9.90 Å². The Labute approximate surface area is 88.1 Å². The first-order valence-corrected chi connectivity index (χ1v) is 5.11. The van der Waals surface area contributed by atoms with Crippen LogP contribution >= 0.6 is 0 Å². The van der Waals surface area contributed by atoms with E-state index in [1.165, 1.54) is 6.20 Å². The summed E-state index contributed by atoms with van der Waals surface area (Å²) in [7, 11) is 1.76. The molecule has 2 rings (SSSR count). The average Bonchev–Trinajstić information content (AvgIpc) is 2.98. The zero-order chi connectivity index (χ0) is 10.8. The molecule has 2 N–H and O–H groups in total. The van der Waals surface area contributed by atoms with Crippen LogP contribution in [-0.2, 0) is 7.05 Å². The molecule has 0 spiro atoms. The number of aliphatic hydroxyl groups excluding tert-OH is 1. The van der Waals surface area contributed by atoms with Gasteiger partial charge in [-0.3, -0.25) is 4.79 Å². The maximum Gasteiger partial charge on any atom is 0.269 e. The van der Waals surface area contributed by atoms with Gasteiger partial charge in [0.05, 0.1) is 18.6 Å². The van der Waals surface area contributed by atoms with E-state index in [4.69, 9.17) is 0 Å². The van der Waals surface area contributed by atoms with Gasteiger partial charge in [0.2, 0.25) is 0 Å². The summed E-state index contributed by atoms with van der Waals surface area (Å²) in [6.07, 6.45) is 4.83. The van der Waals surface area contributed by atoms with E-state index in [0.717, 1.165) is 12.8 Å². The molecule has 82 valence electrons. The zero-order valence-electron chi connectivity index (χ0n) is 8.68. The number of imidazole rings is 1. The Morgan fingerprint density at radius 3 is 3.07 bits per heavy atom. The third-order valence-electron chi connectivity index (χ3n) is 2.69. The first-order valence-electron chi connectivity index (χ1n) is 5.11. The summed E-state index contributed by atoms with van der Waals surface area (Å²) < 4.78 is 1.65. The highest BCUT2D eigenvalue weighted by Crippen LogP contribution is 2.32. The molecule has 0 aromatic carbocycles. The van der Waals surface area contributed by atoms with E-state index >= 15 is 0 Å². The SMILES string of the molecule is Cn1cncc1C(=O)NCC(O)C1CC1. The summed E-state index contributed by atoms with van der Waals surface area (Å²) in [6, 6.07) is 0. The molecule has 1 aliphatic carbocycles. The zero-order valence-corrected chi connectivity index (χ0v) is 8.68. The number of aromatic nitrogens is 2. The maximum absolute atomic E-state index is 11.6. The number of amides is 1. The van der Waals surface area contributed by atoms with Crippen LogP contribution in [0.1, 0.15) is 23.3 Å². The second-order valence-electron chi connectivity index (χ2n) is 4.00. The molecule has 1 aromatic rings. The fourth-order valence-corrected chi connectivity index (χ4v) is 1.51. The second kappa shape index (κ2) is 4.02. The molecule has 5 heteroatoms. The van der Waals surface area contributed by atoms with E-state index in [1.54, 1.807) is 17.9 Å². The van der Waals surface area contributed by atoms with Gasteiger partial charge in [-0.25, -0.2) is 4.98 Å². The molecule has 1 aliphatic rings. The van der Waals surface area contributed by atoms with Crippen LogP contribution in [-0.4, -0.2) is 33.2 Å². The second-order valence-corrected chi connectivity index (χ2v) is 4.00. The van der Waals surface area contributed by atoms with E-state index in [2.05, 4.69) is 10.3 Å². The highest BCUT2D eigenvalue weighted by Gasteiger charge is 2.29. The number of hydrogen-bond donors (Lipinski definition) is 2. The van der Waals surface area contributed by atoms with E-state index in [1.807, 2.05) is 0 Å². The van der Waals surface area contributed by atoms with Crippen LogP contribution in [0.25, 0.3) is 0 Å². The number of aliphatic hydroxyl groups is 1. The van der Waals surface area contributed by atoms with Crippen LogP contribution in [0.3, 0.4) is 0 Å². The van der Waals surface area contributed by atoms with Crippen LogP contribution in [0, 0.1) is 5.92 Å². The minimum absolute atomic E-state index is 0.185. The Hall–Kier alpha value is -1.36. The van der Waals surface area contributed by atoms with Crippen LogP contribution in [0.5, 0.6) is 0 Å². The molecule has 1 unspecified atom stereocenters.